The number of benzene rings is 1. The number of hydrogen-bond acceptors (Lipinski definition) is 5. The van der Waals surface area contributed by atoms with Crippen molar-refractivity contribution in [3.8, 4) is 5.88 Å². The Bertz CT molecular complexity index is 1090. The van der Waals surface area contributed by atoms with Gasteiger partial charge in [0.05, 0.1) is 18.9 Å². The Labute approximate surface area is 172 Å². The molecule has 0 unspecified atom stereocenters. The van der Waals surface area contributed by atoms with Crippen molar-refractivity contribution < 1.29 is 23.1 Å². The second-order valence-electron chi connectivity index (χ2n) is 7.23. The van der Waals surface area contributed by atoms with Crippen LogP contribution in [0.3, 0.4) is 0 Å². The van der Waals surface area contributed by atoms with Crippen molar-refractivity contribution in [2.45, 2.75) is 25.7 Å². The minimum atomic E-state index is -0.747. The highest BCUT2D eigenvalue weighted by atomic mass is 19.1. The number of nitrogens with one attached hydrogen (secondary N) is 1. The molecule has 0 saturated carbocycles. The summed E-state index contributed by atoms with van der Waals surface area (Å²) in [6, 6.07) is 7.91. The van der Waals surface area contributed by atoms with Crippen molar-refractivity contribution in [2.75, 3.05) is 25.5 Å². The predicted molar refractivity (Wildman–Crippen MR) is 109 cm³/mol. The molecule has 1 aromatic carbocycles. The summed E-state index contributed by atoms with van der Waals surface area (Å²) >= 11 is 0. The molecule has 3 aromatic rings. The molecule has 1 N–H and O–H groups in total. The molecule has 2 amide bonds. The Hall–Kier alpha value is -3.42. The van der Waals surface area contributed by atoms with Gasteiger partial charge in [-0.05, 0) is 37.1 Å². The highest BCUT2D eigenvalue weighted by Gasteiger charge is 2.21. The first-order chi connectivity index (χ1) is 14.5. The molecule has 1 fully saturated rings. The third-order valence-corrected chi connectivity index (χ3v) is 5.16. The number of methoxy groups -OCH3 is 1. The van der Waals surface area contributed by atoms with E-state index in [-0.39, 0.29) is 23.1 Å². The minimum Gasteiger partial charge on any atom is -0.481 e. The van der Waals surface area contributed by atoms with Gasteiger partial charge in [-0.25, -0.2) is 9.37 Å². The highest BCUT2D eigenvalue weighted by molar-refractivity contribution is 6.05. The van der Waals surface area contributed by atoms with E-state index >= 15 is 0 Å². The molecule has 0 aliphatic carbocycles. The topological polar surface area (TPSA) is 84.7 Å². The van der Waals surface area contributed by atoms with Gasteiger partial charge in [0.15, 0.2) is 11.6 Å². The maximum Gasteiger partial charge on any atom is 0.289 e. The Morgan fingerprint density at radius 3 is 2.63 bits per heavy atom. The van der Waals surface area contributed by atoms with Crippen LogP contribution in [0.4, 0.5) is 10.1 Å². The summed E-state index contributed by atoms with van der Waals surface area (Å²) in [5.41, 5.74) is 0.825. The minimum absolute atomic E-state index is 0.121. The van der Waals surface area contributed by atoms with E-state index in [0.717, 1.165) is 45.0 Å². The number of carbonyl (C=O) groups is 2. The maximum absolute atomic E-state index is 14.0. The number of carbonyl (C=O) groups excluding carboxylic acids is 2. The van der Waals surface area contributed by atoms with Crippen LogP contribution < -0.4 is 10.1 Å². The van der Waals surface area contributed by atoms with Gasteiger partial charge in [0.25, 0.3) is 11.8 Å². The summed E-state index contributed by atoms with van der Waals surface area (Å²) in [5, 5.41) is 3.33. The summed E-state index contributed by atoms with van der Waals surface area (Å²) in [6.07, 6.45) is 5.21. The monoisotopic (exact) mass is 411 g/mol. The van der Waals surface area contributed by atoms with Gasteiger partial charge >= 0.3 is 0 Å². The maximum atomic E-state index is 14.0. The summed E-state index contributed by atoms with van der Waals surface area (Å²) in [4.78, 5) is 30.8. The van der Waals surface area contributed by atoms with Crippen molar-refractivity contribution in [3.05, 3.63) is 53.7 Å². The predicted octanol–water partition coefficient (Wildman–Crippen LogP) is 4.24. The lowest BCUT2D eigenvalue weighted by molar-refractivity contribution is 0.0732. The number of hydrogen-bond donors (Lipinski definition) is 1. The Kier molecular flexibility index (Phi) is 5.65. The zero-order valence-electron chi connectivity index (χ0n) is 16.6. The number of ether oxygens (including phenoxy) is 1. The third-order valence-electron chi connectivity index (χ3n) is 5.16. The van der Waals surface area contributed by atoms with E-state index in [1.54, 1.807) is 24.3 Å². The first kappa shape index (κ1) is 19.9. The van der Waals surface area contributed by atoms with Crippen LogP contribution in [0.2, 0.25) is 0 Å². The quantitative estimate of drug-likeness (QED) is 0.694. The van der Waals surface area contributed by atoms with Gasteiger partial charge in [-0.15, -0.1) is 0 Å². The molecule has 1 saturated heterocycles. The number of amides is 2. The van der Waals surface area contributed by atoms with Crippen LogP contribution in [0.25, 0.3) is 11.0 Å². The fraction of sp³-hybridized carbons (Fsp3) is 0.318. The lowest BCUT2D eigenvalue weighted by Gasteiger charge is -2.18. The zero-order chi connectivity index (χ0) is 21.1. The van der Waals surface area contributed by atoms with E-state index in [1.165, 1.54) is 13.2 Å². The van der Waals surface area contributed by atoms with Crippen molar-refractivity contribution in [1.29, 1.82) is 0 Å². The van der Waals surface area contributed by atoms with Gasteiger partial charge in [0, 0.05) is 30.2 Å². The van der Waals surface area contributed by atoms with Gasteiger partial charge in [-0.1, -0.05) is 12.8 Å². The van der Waals surface area contributed by atoms with Crippen LogP contribution in [-0.4, -0.2) is 41.9 Å². The first-order valence-electron chi connectivity index (χ1n) is 9.89. The molecular weight excluding hydrogens is 389 g/mol. The molecule has 1 aliphatic rings. The Morgan fingerprint density at radius 1 is 1.13 bits per heavy atom. The second kappa shape index (κ2) is 8.52. The lowest BCUT2D eigenvalue weighted by Crippen LogP contribution is -2.31. The molecule has 3 heterocycles. The Balaban J connectivity index is 1.54. The lowest BCUT2D eigenvalue weighted by atomic mass is 10.2. The standard InChI is InChI=1S/C22H22FN3O4/c1-29-20-12-16(17(23)13-24-20)21(27)25-15-6-7-18-14(10-15)11-19(30-18)22(28)26-8-4-2-3-5-9-26/h6-7,10-13H,2-5,8-9H2,1H3,(H,25,27). The number of nitrogens with zero attached hydrogens (tertiary/aromatic N) is 2. The number of fused-ring (bicyclic) bond motifs is 1. The number of anilines is 1. The van der Waals surface area contributed by atoms with Gasteiger partial charge < -0.3 is 19.4 Å². The SMILES string of the molecule is COc1cc(C(=O)Nc2ccc3oc(C(=O)N4CCCCCC4)cc3c2)c(F)cn1. The smallest absolute Gasteiger partial charge is 0.289 e. The summed E-state index contributed by atoms with van der Waals surface area (Å²) in [5.74, 6) is -1.08. The van der Waals surface area contributed by atoms with Crippen molar-refractivity contribution >= 4 is 28.5 Å². The summed E-state index contributed by atoms with van der Waals surface area (Å²) in [7, 11) is 1.39. The first-order valence-corrected chi connectivity index (χ1v) is 9.89. The largest absolute Gasteiger partial charge is 0.481 e. The third kappa shape index (κ3) is 4.12. The molecule has 0 atom stereocenters. The number of rotatable bonds is 4. The number of halogens is 1. The van der Waals surface area contributed by atoms with Crippen molar-refractivity contribution in [3.63, 3.8) is 0 Å². The molecule has 7 nitrogen and oxygen atoms in total. The molecule has 8 heteroatoms. The van der Waals surface area contributed by atoms with E-state index < -0.39 is 11.7 Å². The molecule has 0 spiro atoms. The second-order valence-corrected chi connectivity index (χ2v) is 7.23. The van der Waals surface area contributed by atoms with Crippen molar-refractivity contribution in [2.24, 2.45) is 0 Å². The van der Waals surface area contributed by atoms with Crippen LogP contribution in [0.5, 0.6) is 5.88 Å². The van der Waals surface area contributed by atoms with Crippen LogP contribution in [-0.2, 0) is 0 Å². The van der Waals surface area contributed by atoms with Gasteiger partial charge in [-0.3, -0.25) is 9.59 Å². The number of likely N-dealkylation sites (tertiary alicyclic amines) is 1. The average molecular weight is 411 g/mol. The average Bonchev–Trinajstić information content (AvgIpc) is 2.98. The molecule has 0 radical (unpaired) electrons. The van der Waals surface area contributed by atoms with Crippen LogP contribution in [0, 0.1) is 5.82 Å². The molecule has 4 rings (SSSR count). The zero-order valence-corrected chi connectivity index (χ0v) is 16.6. The van der Waals surface area contributed by atoms with E-state index in [1.807, 2.05) is 4.90 Å². The molecule has 156 valence electrons. The van der Waals surface area contributed by atoms with Crippen molar-refractivity contribution in [1.82, 2.24) is 9.88 Å². The summed E-state index contributed by atoms with van der Waals surface area (Å²) < 4.78 is 24.6. The number of pyridine rings is 1. The number of aromatic nitrogens is 1. The van der Waals surface area contributed by atoms with Gasteiger partial charge in [0.2, 0.25) is 5.88 Å². The van der Waals surface area contributed by atoms with E-state index in [4.69, 9.17) is 9.15 Å². The normalized spacial score (nSPS) is 14.4. The van der Waals surface area contributed by atoms with E-state index in [2.05, 4.69) is 10.3 Å². The fourth-order valence-electron chi connectivity index (χ4n) is 3.56. The molecule has 1 aliphatic heterocycles. The fourth-order valence-corrected chi connectivity index (χ4v) is 3.56. The molecular formula is C22H22FN3O4. The summed E-state index contributed by atoms with van der Waals surface area (Å²) in [6.45, 7) is 1.47. The molecule has 30 heavy (non-hydrogen) atoms. The Morgan fingerprint density at radius 2 is 1.90 bits per heavy atom. The van der Waals surface area contributed by atoms with Gasteiger partial charge in [-0.2, -0.15) is 0 Å². The number of furan rings is 1. The molecule has 0 bridgehead atoms. The van der Waals surface area contributed by atoms with E-state index in [0.29, 0.717) is 16.7 Å². The molecule has 2 aromatic heterocycles. The highest BCUT2D eigenvalue weighted by Crippen LogP contribution is 2.25. The van der Waals surface area contributed by atoms with Gasteiger partial charge in [0.1, 0.15) is 5.58 Å². The van der Waals surface area contributed by atoms with Crippen LogP contribution in [0.15, 0.2) is 40.9 Å². The van der Waals surface area contributed by atoms with Crippen LogP contribution in [0.1, 0.15) is 46.6 Å². The van der Waals surface area contributed by atoms with E-state index in [9.17, 15) is 14.0 Å². The van der Waals surface area contributed by atoms with Crippen LogP contribution >= 0.6 is 0 Å².